The maximum atomic E-state index is 12.7. The van der Waals surface area contributed by atoms with Crippen molar-refractivity contribution in [3.63, 3.8) is 0 Å². The Balaban J connectivity index is 2.82. The van der Waals surface area contributed by atoms with E-state index in [2.05, 4.69) is 10.6 Å². The Hall–Kier alpha value is -2.26. The number of phenols is 1. The Kier molecular flexibility index (Phi) is 10.5. The zero-order valence-corrected chi connectivity index (χ0v) is 17.9. The summed E-state index contributed by atoms with van der Waals surface area (Å²) in [6, 6.07) is 3.33. The van der Waals surface area contributed by atoms with Gasteiger partial charge in [-0.25, -0.2) is 4.79 Å². The molecule has 0 aliphatic heterocycles. The van der Waals surface area contributed by atoms with Crippen molar-refractivity contribution in [1.82, 2.24) is 10.6 Å². The summed E-state index contributed by atoms with van der Waals surface area (Å²) >= 11 is 1.52. The second-order valence-corrected chi connectivity index (χ2v) is 8.33. The van der Waals surface area contributed by atoms with Gasteiger partial charge in [-0.05, 0) is 48.5 Å². The van der Waals surface area contributed by atoms with Crippen LogP contribution in [0.5, 0.6) is 5.75 Å². The lowest BCUT2D eigenvalue weighted by Crippen LogP contribution is -2.55. The fourth-order valence-electron chi connectivity index (χ4n) is 2.74. The van der Waals surface area contributed by atoms with E-state index < -0.39 is 35.9 Å². The number of hydrogen-bond donors (Lipinski definition) is 5. The van der Waals surface area contributed by atoms with Crippen LogP contribution in [-0.2, 0) is 20.8 Å². The van der Waals surface area contributed by atoms with E-state index in [0.29, 0.717) is 24.2 Å². The third kappa shape index (κ3) is 9.19. The predicted molar refractivity (Wildman–Crippen MR) is 114 cm³/mol. The van der Waals surface area contributed by atoms with Crippen LogP contribution < -0.4 is 16.4 Å². The second kappa shape index (κ2) is 12.3. The van der Waals surface area contributed by atoms with Gasteiger partial charge in [0.1, 0.15) is 17.8 Å². The Morgan fingerprint density at radius 1 is 1.07 bits per heavy atom. The largest absolute Gasteiger partial charge is 0.508 e. The summed E-state index contributed by atoms with van der Waals surface area (Å²) in [5, 5.41) is 24.0. The summed E-state index contributed by atoms with van der Waals surface area (Å²) < 4.78 is 0. The highest BCUT2D eigenvalue weighted by molar-refractivity contribution is 7.98. The van der Waals surface area contributed by atoms with E-state index in [1.807, 2.05) is 20.1 Å². The minimum absolute atomic E-state index is 0.0530. The number of carboxylic acids is 1. The quantitative estimate of drug-likeness (QED) is 0.338. The second-order valence-electron chi connectivity index (χ2n) is 7.35. The number of aliphatic carboxylic acids is 1. The summed E-state index contributed by atoms with van der Waals surface area (Å²) in [6.07, 6.45) is 2.78. The number of hydrogen-bond acceptors (Lipinski definition) is 6. The molecule has 9 heteroatoms. The Morgan fingerprint density at radius 3 is 2.17 bits per heavy atom. The monoisotopic (exact) mass is 425 g/mol. The van der Waals surface area contributed by atoms with E-state index in [4.69, 9.17) is 5.73 Å². The molecule has 0 aliphatic rings. The summed E-state index contributed by atoms with van der Waals surface area (Å²) in [4.78, 5) is 36.7. The molecule has 1 rings (SSSR count). The lowest BCUT2D eigenvalue weighted by molar-refractivity contribution is -0.142. The summed E-state index contributed by atoms with van der Waals surface area (Å²) in [7, 11) is 0. The molecule has 0 bridgehead atoms. The third-order valence-corrected chi connectivity index (χ3v) is 4.94. The topological polar surface area (TPSA) is 142 Å². The Bertz CT molecular complexity index is 681. The molecule has 0 heterocycles. The molecule has 8 nitrogen and oxygen atoms in total. The molecule has 3 atom stereocenters. The van der Waals surface area contributed by atoms with Crippen molar-refractivity contribution in [2.45, 2.75) is 51.2 Å². The molecule has 0 saturated carbocycles. The van der Waals surface area contributed by atoms with Gasteiger partial charge in [0.15, 0.2) is 0 Å². The first kappa shape index (κ1) is 24.8. The van der Waals surface area contributed by atoms with Gasteiger partial charge in [-0.3, -0.25) is 9.59 Å². The van der Waals surface area contributed by atoms with E-state index >= 15 is 0 Å². The number of nitrogens with one attached hydrogen (secondary N) is 2. The molecule has 6 N–H and O–H groups in total. The highest BCUT2D eigenvalue weighted by Gasteiger charge is 2.28. The summed E-state index contributed by atoms with van der Waals surface area (Å²) in [5.74, 6) is -1.25. The molecule has 3 unspecified atom stereocenters. The molecule has 162 valence electrons. The Morgan fingerprint density at radius 2 is 1.66 bits per heavy atom. The SMILES string of the molecule is CSCCC(NC(=O)C(N)CC(C)C)C(=O)NC(Cc1ccc(O)cc1)C(=O)O. The zero-order valence-electron chi connectivity index (χ0n) is 17.1. The van der Waals surface area contributed by atoms with Crippen molar-refractivity contribution < 1.29 is 24.6 Å². The highest BCUT2D eigenvalue weighted by Crippen LogP contribution is 2.12. The number of carboxylic acid groups (broad SMARTS) is 1. The van der Waals surface area contributed by atoms with Crippen molar-refractivity contribution in [3.8, 4) is 5.75 Å². The summed E-state index contributed by atoms with van der Waals surface area (Å²) in [6.45, 7) is 3.90. The number of thioether (sulfide) groups is 1. The number of phenolic OH excluding ortho intramolecular Hbond substituents is 1. The van der Waals surface area contributed by atoms with Gasteiger partial charge in [-0.15, -0.1) is 0 Å². The van der Waals surface area contributed by atoms with Gasteiger partial charge in [0.25, 0.3) is 0 Å². The first-order valence-corrected chi connectivity index (χ1v) is 10.9. The fourth-order valence-corrected chi connectivity index (χ4v) is 3.21. The number of amides is 2. The number of carbonyl (C=O) groups excluding carboxylic acids is 2. The molecular weight excluding hydrogens is 394 g/mol. The van der Waals surface area contributed by atoms with Crippen LogP contribution in [-0.4, -0.2) is 58.1 Å². The third-order valence-electron chi connectivity index (χ3n) is 4.30. The van der Waals surface area contributed by atoms with Crippen LogP contribution in [0.3, 0.4) is 0 Å². The average Bonchev–Trinajstić information content (AvgIpc) is 2.65. The van der Waals surface area contributed by atoms with Gasteiger partial charge >= 0.3 is 5.97 Å². The van der Waals surface area contributed by atoms with Crippen LogP contribution >= 0.6 is 11.8 Å². The number of nitrogens with two attached hydrogens (primary N) is 1. The predicted octanol–water partition coefficient (Wildman–Crippen LogP) is 1.12. The van der Waals surface area contributed by atoms with Gasteiger partial charge in [0.2, 0.25) is 11.8 Å². The van der Waals surface area contributed by atoms with Crippen LogP contribution in [0.2, 0.25) is 0 Å². The molecule has 1 aromatic rings. The van der Waals surface area contributed by atoms with Crippen molar-refractivity contribution in [3.05, 3.63) is 29.8 Å². The number of rotatable bonds is 12. The van der Waals surface area contributed by atoms with Gasteiger partial charge < -0.3 is 26.6 Å². The molecule has 0 fully saturated rings. The maximum Gasteiger partial charge on any atom is 0.326 e. The van der Waals surface area contributed by atoms with Gasteiger partial charge in [-0.1, -0.05) is 26.0 Å². The fraction of sp³-hybridized carbons (Fsp3) is 0.550. The minimum atomic E-state index is -1.18. The molecule has 0 radical (unpaired) electrons. The van der Waals surface area contributed by atoms with Crippen molar-refractivity contribution in [2.24, 2.45) is 11.7 Å². The van der Waals surface area contributed by atoms with Crippen LogP contribution in [0.25, 0.3) is 0 Å². The molecule has 2 amide bonds. The standard InChI is InChI=1S/C20H31N3O5S/c1-12(2)10-15(21)18(25)22-16(8-9-29-3)19(26)23-17(20(27)28)11-13-4-6-14(24)7-5-13/h4-7,12,15-17,24H,8-11,21H2,1-3H3,(H,22,25)(H,23,26)(H,27,28). The molecule has 29 heavy (non-hydrogen) atoms. The van der Waals surface area contributed by atoms with Crippen LogP contribution in [0, 0.1) is 5.92 Å². The number of carbonyl (C=O) groups is 3. The molecular formula is C20H31N3O5S. The maximum absolute atomic E-state index is 12.7. The minimum Gasteiger partial charge on any atom is -0.508 e. The first-order chi connectivity index (χ1) is 13.6. The molecule has 0 aliphatic carbocycles. The molecule has 0 aromatic heterocycles. The zero-order chi connectivity index (χ0) is 22.0. The lowest BCUT2D eigenvalue weighted by atomic mass is 10.0. The van der Waals surface area contributed by atoms with Crippen molar-refractivity contribution in [1.29, 1.82) is 0 Å². The van der Waals surface area contributed by atoms with E-state index in [9.17, 15) is 24.6 Å². The molecule has 1 aromatic carbocycles. The smallest absolute Gasteiger partial charge is 0.326 e. The van der Waals surface area contributed by atoms with Crippen LogP contribution in [0.4, 0.5) is 0 Å². The summed E-state index contributed by atoms with van der Waals surface area (Å²) in [5.41, 5.74) is 6.55. The van der Waals surface area contributed by atoms with Crippen molar-refractivity contribution >= 4 is 29.5 Å². The molecule has 0 saturated heterocycles. The van der Waals surface area contributed by atoms with E-state index in [1.54, 1.807) is 12.1 Å². The first-order valence-electron chi connectivity index (χ1n) is 9.50. The highest BCUT2D eigenvalue weighted by atomic mass is 32.2. The van der Waals surface area contributed by atoms with Crippen molar-refractivity contribution in [2.75, 3.05) is 12.0 Å². The van der Waals surface area contributed by atoms with E-state index in [-0.39, 0.29) is 18.1 Å². The van der Waals surface area contributed by atoms with Gasteiger partial charge in [0.05, 0.1) is 6.04 Å². The van der Waals surface area contributed by atoms with Crippen LogP contribution in [0.15, 0.2) is 24.3 Å². The number of aromatic hydroxyl groups is 1. The van der Waals surface area contributed by atoms with E-state index in [0.717, 1.165) is 0 Å². The molecule has 0 spiro atoms. The van der Waals surface area contributed by atoms with E-state index in [1.165, 1.54) is 23.9 Å². The average molecular weight is 426 g/mol. The Labute approximate surface area is 175 Å². The lowest BCUT2D eigenvalue weighted by Gasteiger charge is -2.23. The number of benzene rings is 1. The van der Waals surface area contributed by atoms with Crippen LogP contribution in [0.1, 0.15) is 32.3 Å². The van der Waals surface area contributed by atoms with Gasteiger partial charge in [-0.2, -0.15) is 11.8 Å². The normalized spacial score (nSPS) is 14.1. The van der Waals surface area contributed by atoms with Gasteiger partial charge in [0, 0.05) is 6.42 Å².